The van der Waals surface area contributed by atoms with Gasteiger partial charge in [-0.2, -0.15) is 0 Å². The molecule has 1 saturated heterocycles. The Morgan fingerprint density at radius 1 is 0.963 bits per heavy atom. The second-order valence-electron chi connectivity index (χ2n) is 7.75. The standard InChI is InChI=1S/C22H27N3O2/c1-16-14-20(17(2)25(16)15-18-6-4-3-5-7-18)22(27)24-12-10-23(11-13-24)21(26)19-8-9-19/h3-7,14,19H,8-13,15H2,1-2H3. The number of aromatic nitrogens is 1. The predicted octanol–water partition coefficient (Wildman–Crippen LogP) is 2.85. The highest BCUT2D eigenvalue weighted by Crippen LogP contribution is 2.31. The van der Waals surface area contributed by atoms with Crippen molar-refractivity contribution in [2.24, 2.45) is 5.92 Å². The summed E-state index contributed by atoms with van der Waals surface area (Å²) >= 11 is 0. The maximum atomic E-state index is 13.1. The lowest BCUT2D eigenvalue weighted by atomic mass is 10.2. The first-order valence-electron chi connectivity index (χ1n) is 9.83. The van der Waals surface area contributed by atoms with Crippen LogP contribution >= 0.6 is 0 Å². The number of benzene rings is 1. The van der Waals surface area contributed by atoms with E-state index >= 15 is 0 Å². The summed E-state index contributed by atoms with van der Waals surface area (Å²) < 4.78 is 2.20. The van der Waals surface area contributed by atoms with Crippen molar-refractivity contribution >= 4 is 11.8 Å². The maximum Gasteiger partial charge on any atom is 0.255 e. The first-order valence-corrected chi connectivity index (χ1v) is 9.83. The number of aryl methyl sites for hydroxylation is 1. The van der Waals surface area contributed by atoms with Crippen molar-refractivity contribution in [3.05, 3.63) is 58.9 Å². The Bertz CT molecular complexity index is 844. The third-order valence-corrected chi connectivity index (χ3v) is 5.79. The molecule has 0 bridgehead atoms. The van der Waals surface area contributed by atoms with Crippen molar-refractivity contribution in [3.8, 4) is 0 Å². The number of carbonyl (C=O) groups is 2. The minimum Gasteiger partial charge on any atom is -0.344 e. The Kier molecular flexibility index (Phi) is 4.77. The lowest BCUT2D eigenvalue weighted by Crippen LogP contribution is -2.51. The van der Waals surface area contributed by atoms with Gasteiger partial charge in [0, 0.05) is 50.0 Å². The van der Waals surface area contributed by atoms with E-state index in [1.807, 2.05) is 41.0 Å². The van der Waals surface area contributed by atoms with Crippen LogP contribution in [0.4, 0.5) is 0 Å². The fraction of sp³-hybridized carbons (Fsp3) is 0.455. The van der Waals surface area contributed by atoms with E-state index < -0.39 is 0 Å². The van der Waals surface area contributed by atoms with Crippen LogP contribution in [0.25, 0.3) is 0 Å². The molecule has 4 rings (SSSR count). The second-order valence-corrected chi connectivity index (χ2v) is 7.75. The highest BCUT2D eigenvalue weighted by atomic mass is 16.2. The number of nitrogens with zero attached hydrogens (tertiary/aromatic N) is 3. The van der Waals surface area contributed by atoms with Crippen LogP contribution in [0.2, 0.25) is 0 Å². The zero-order valence-electron chi connectivity index (χ0n) is 16.1. The first-order chi connectivity index (χ1) is 13.0. The van der Waals surface area contributed by atoms with Crippen molar-refractivity contribution in [2.45, 2.75) is 33.2 Å². The Hall–Kier alpha value is -2.56. The van der Waals surface area contributed by atoms with E-state index in [4.69, 9.17) is 0 Å². The van der Waals surface area contributed by atoms with Gasteiger partial charge in [0.25, 0.3) is 5.91 Å². The van der Waals surface area contributed by atoms with Gasteiger partial charge in [-0.15, -0.1) is 0 Å². The summed E-state index contributed by atoms with van der Waals surface area (Å²) in [6, 6.07) is 12.3. The molecule has 2 aliphatic rings. The normalized spacial score (nSPS) is 17.3. The molecule has 1 aromatic heterocycles. The van der Waals surface area contributed by atoms with Crippen LogP contribution in [0, 0.1) is 19.8 Å². The summed E-state index contributed by atoms with van der Waals surface area (Å²) in [5, 5.41) is 0. The molecule has 2 heterocycles. The van der Waals surface area contributed by atoms with Crippen molar-refractivity contribution in [1.29, 1.82) is 0 Å². The molecule has 2 aromatic rings. The quantitative estimate of drug-likeness (QED) is 0.836. The van der Waals surface area contributed by atoms with Crippen LogP contribution in [0.5, 0.6) is 0 Å². The highest BCUT2D eigenvalue weighted by molar-refractivity contribution is 5.96. The van der Waals surface area contributed by atoms with E-state index in [1.165, 1.54) is 5.56 Å². The molecule has 0 unspecified atom stereocenters. The summed E-state index contributed by atoms with van der Waals surface area (Å²) in [6.07, 6.45) is 2.07. The Morgan fingerprint density at radius 3 is 2.22 bits per heavy atom. The van der Waals surface area contributed by atoms with Gasteiger partial charge in [-0.1, -0.05) is 30.3 Å². The minimum atomic E-state index is 0.0842. The van der Waals surface area contributed by atoms with Crippen LogP contribution in [-0.2, 0) is 11.3 Å². The second kappa shape index (κ2) is 7.22. The maximum absolute atomic E-state index is 13.1. The lowest BCUT2D eigenvalue weighted by molar-refractivity contribution is -0.134. The van der Waals surface area contributed by atoms with Gasteiger partial charge < -0.3 is 14.4 Å². The summed E-state index contributed by atoms with van der Waals surface area (Å²) in [5.41, 5.74) is 4.12. The molecule has 27 heavy (non-hydrogen) atoms. The number of piperazine rings is 1. The zero-order chi connectivity index (χ0) is 19.0. The van der Waals surface area contributed by atoms with Gasteiger partial charge in [0.15, 0.2) is 0 Å². The third-order valence-electron chi connectivity index (χ3n) is 5.79. The van der Waals surface area contributed by atoms with Gasteiger partial charge in [0.2, 0.25) is 5.91 Å². The molecule has 142 valence electrons. The molecule has 5 nitrogen and oxygen atoms in total. The zero-order valence-corrected chi connectivity index (χ0v) is 16.1. The van der Waals surface area contributed by atoms with Gasteiger partial charge in [-0.25, -0.2) is 0 Å². The van der Waals surface area contributed by atoms with Gasteiger partial charge >= 0.3 is 0 Å². The Balaban J connectivity index is 1.45. The van der Waals surface area contributed by atoms with Crippen LogP contribution in [0.1, 0.15) is 40.2 Å². The monoisotopic (exact) mass is 365 g/mol. The average Bonchev–Trinajstić information content (AvgIpc) is 3.51. The molecule has 0 spiro atoms. The smallest absolute Gasteiger partial charge is 0.255 e. The molecule has 1 aliphatic carbocycles. The minimum absolute atomic E-state index is 0.0842. The number of rotatable bonds is 4. The molecular formula is C22H27N3O2. The summed E-state index contributed by atoms with van der Waals surface area (Å²) in [6.45, 7) is 7.41. The van der Waals surface area contributed by atoms with Crippen LogP contribution < -0.4 is 0 Å². The molecule has 1 aliphatic heterocycles. The Labute approximate surface area is 160 Å². The molecule has 5 heteroatoms. The number of hydrogen-bond donors (Lipinski definition) is 0. The number of hydrogen-bond acceptors (Lipinski definition) is 2. The molecule has 2 fully saturated rings. The molecule has 1 aromatic carbocycles. The van der Waals surface area contributed by atoms with E-state index in [1.54, 1.807) is 0 Å². The van der Waals surface area contributed by atoms with Crippen LogP contribution in [-0.4, -0.2) is 52.4 Å². The van der Waals surface area contributed by atoms with Gasteiger partial charge in [-0.3, -0.25) is 9.59 Å². The molecular weight excluding hydrogens is 338 g/mol. The van der Waals surface area contributed by atoms with Crippen molar-refractivity contribution in [2.75, 3.05) is 26.2 Å². The van der Waals surface area contributed by atoms with E-state index in [0.29, 0.717) is 26.2 Å². The fourth-order valence-corrected chi connectivity index (χ4v) is 3.92. The van der Waals surface area contributed by atoms with Gasteiger partial charge in [-0.05, 0) is 38.3 Å². The van der Waals surface area contributed by atoms with E-state index in [0.717, 1.165) is 36.3 Å². The Morgan fingerprint density at radius 2 is 1.59 bits per heavy atom. The molecule has 2 amide bonds. The van der Waals surface area contributed by atoms with Crippen molar-refractivity contribution in [1.82, 2.24) is 14.4 Å². The van der Waals surface area contributed by atoms with E-state index in [-0.39, 0.29) is 17.7 Å². The molecule has 1 saturated carbocycles. The van der Waals surface area contributed by atoms with Gasteiger partial charge in [0.1, 0.15) is 0 Å². The first kappa shape index (κ1) is 17.8. The fourth-order valence-electron chi connectivity index (χ4n) is 3.92. The average molecular weight is 365 g/mol. The number of carbonyl (C=O) groups excluding carboxylic acids is 2. The van der Waals surface area contributed by atoms with E-state index in [2.05, 4.69) is 23.6 Å². The summed E-state index contributed by atoms with van der Waals surface area (Å²) in [4.78, 5) is 29.1. The van der Waals surface area contributed by atoms with Gasteiger partial charge in [0.05, 0.1) is 5.56 Å². The van der Waals surface area contributed by atoms with E-state index in [9.17, 15) is 9.59 Å². The highest BCUT2D eigenvalue weighted by Gasteiger charge is 2.35. The summed E-state index contributed by atoms with van der Waals surface area (Å²) in [5.74, 6) is 0.619. The lowest BCUT2D eigenvalue weighted by Gasteiger charge is -2.35. The molecule has 0 atom stereocenters. The molecule has 0 radical (unpaired) electrons. The number of amides is 2. The summed E-state index contributed by atoms with van der Waals surface area (Å²) in [7, 11) is 0. The predicted molar refractivity (Wildman–Crippen MR) is 105 cm³/mol. The largest absolute Gasteiger partial charge is 0.344 e. The van der Waals surface area contributed by atoms with Crippen LogP contribution in [0.3, 0.4) is 0 Å². The molecule has 0 N–H and O–H groups in total. The SMILES string of the molecule is Cc1cc(C(=O)N2CCN(C(=O)C3CC3)CC2)c(C)n1Cc1ccccc1. The third kappa shape index (κ3) is 3.64. The topological polar surface area (TPSA) is 45.6 Å². The van der Waals surface area contributed by atoms with Crippen molar-refractivity contribution < 1.29 is 9.59 Å². The van der Waals surface area contributed by atoms with Crippen molar-refractivity contribution in [3.63, 3.8) is 0 Å². The van der Waals surface area contributed by atoms with Crippen LogP contribution in [0.15, 0.2) is 36.4 Å².